The second-order valence-electron chi connectivity index (χ2n) is 6.94. The van der Waals surface area contributed by atoms with Gasteiger partial charge in [0.1, 0.15) is 17.9 Å². The summed E-state index contributed by atoms with van der Waals surface area (Å²) in [4.78, 5) is 11.6. The number of nitrogens with two attached hydrogens (primary N) is 1. The molecule has 0 unspecified atom stereocenters. The number of carbonyl (C=O) groups is 1. The van der Waals surface area contributed by atoms with E-state index in [-0.39, 0.29) is 23.2 Å². The molecular formula is C21H22FN3O5. The smallest absolute Gasteiger partial charge is 0.248 e. The summed E-state index contributed by atoms with van der Waals surface area (Å²) in [7, 11) is 1.73. The maximum absolute atomic E-state index is 14.6. The number of benzene rings is 2. The summed E-state index contributed by atoms with van der Waals surface area (Å²) in [5, 5.41) is 4.82. The molecule has 30 heavy (non-hydrogen) atoms. The van der Waals surface area contributed by atoms with Crippen molar-refractivity contribution >= 4 is 16.8 Å². The van der Waals surface area contributed by atoms with Gasteiger partial charge in [0.25, 0.3) is 0 Å². The molecule has 0 aliphatic carbocycles. The minimum absolute atomic E-state index is 0.00850. The van der Waals surface area contributed by atoms with E-state index in [2.05, 4.69) is 5.10 Å². The van der Waals surface area contributed by atoms with Crippen LogP contribution in [0, 0.1) is 5.82 Å². The Morgan fingerprint density at radius 1 is 1.30 bits per heavy atom. The lowest BCUT2D eigenvalue weighted by atomic mass is 10.1. The van der Waals surface area contributed by atoms with Crippen molar-refractivity contribution in [3.63, 3.8) is 0 Å². The molecule has 0 spiro atoms. The number of carbonyl (C=O) groups excluding carboxylic acids is 1. The van der Waals surface area contributed by atoms with Gasteiger partial charge in [-0.15, -0.1) is 0 Å². The van der Waals surface area contributed by atoms with E-state index in [9.17, 15) is 9.18 Å². The van der Waals surface area contributed by atoms with Crippen molar-refractivity contribution in [1.29, 1.82) is 0 Å². The minimum Gasteiger partial charge on any atom is -0.491 e. The van der Waals surface area contributed by atoms with E-state index in [1.165, 1.54) is 18.2 Å². The van der Waals surface area contributed by atoms with Crippen LogP contribution in [0.25, 0.3) is 10.9 Å². The summed E-state index contributed by atoms with van der Waals surface area (Å²) < 4.78 is 38.4. The predicted octanol–water partition coefficient (Wildman–Crippen LogP) is 2.79. The molecule has 158 valence electrons. The Bertz CT molecular complexity index is 1060. The van der Waals surface area contributed by atoms with E-state index in [0.29, 0.717) is 43.1 Å². The van der Waals surface area contributed by atoms with Crippen molar-refractivity contribution in [2.75, 3.05) is 26.4 Å². The van der Waals surface area contributed by atoms with E-state index in [4.69, 9.17) is 24.7 Å². The van der Waals surface area contributed by atoms with E-state index < -0.39 is 11.7 Å². The average molecular weight is 415 g/mol. The minimum atomic E-state index is -0.610. The monoisotopic (exact) mass is 415 g/mol. The first kappa shape index (κ1) is 20.1. The zero-order valence-corrected chi connectivity index (χ0v) is 16.5. The van der Waals surface area contributed by atoms with Crippen LogP contribution in [0.15, 0.2) is 36.5 Å². The number of hydrogen-bond donors (Lipinski definition) is 1. The van der Waals surface area contributed by atoms with E-state index in [1.807, 2.05) is 0 Å². The lowest BCUT2D eigenvalue weighted by molar-refractivity contribution is 0.0265. The summed E-state index contributed by atoms with van der Waals surface area (Å²) >= 11 is 0. The summed E-state index contributed by atoms with van der Waals surface area (Å²) in [5.74, 6) is -0.576. The standard InChI is InChI=1S/C21H22FN3O5/c1-25-20-14(11-24-25)8-13(21(23)26)9-19(20)30-18-3-2-15(10-17(18)22)28-6-7-29-16-4-5-27-12-16/h2-3,8-11,16H,4-7,12H2,1H3,(H2,23,26)/t16-/m1/s1. The van der Waals surface area contributed by atoms with Crippen molar-refractivity contribution in [1.82, 2.24) is 9.78 Å². The number of nitrogens with zero attached hydrogens (tertiary/aromatic N) is 2. The van der Waals surface area contributed by atoms with Gasteiger partial charge in [0.05, 0.1) is 25.5 Å². The van der Waals surface area contributed by atoms with Crippen LogP contribution in [0.1, 0.15) is 16.8 Å². The molecule has 1 atom stereocenters. The number of aryl methyl sites for hydroxylation is 1. The van der Waals surface area contributed by atoms with Crippen LogP contribution in [0.5, 0.6) is 17.2 Å². The number of rotatable bonds is 8. The zero-order chi connectivity index (χ0) is 21.1. The Kier molecular flexibility index (Phi) is 5.82. The predicted molar refractivity (Wildman–Crippen MR) is 106 cm³/mol. The van der Waals surface area contributed by atoms with Crippen LogP contribution in [-0.2, 0) is 16.5 Å². The van der Waals surface area contributed by atoms with Crippen LogP contribution < -0.4 is 15.2 Å². The first-order valence-corrected chi connectivity index (χ1v) is 9.56. The quantitative estimate of drug-likeness (QED) is 0.568. The number of aromatic nitrogens is 2. The maximum Gasteiger partial charge on any atom is 0.248 e. The van der Waals surface area contributed by atoms with Crippen molar-refractivity contribution in [3.8, 4) is 17.2 Å². The molecule has 2 aromatic carbocycles. The molecule has 1 aromatic heterocycles. The van der Waals surface area contributed by atoms with Gasteiger partial charge in [-0.3, -0.25) is 9.48 Å². The SMILES string of the molecule is Cn1ncc2cc(C(N)=O)cc(Oc3ccc(OCCO[C@@H]4CCOC4)cc3F)c21. The van der Waals surface area contributed by atoms with Crippen LogP contribution >= 0.6 is 0 Å². The summed E-state index contributed by atoms with van der Waals surface area (Å²) in [6.07, 6.45) is 2.56. The third-order valence-corrected chi connectivity index (χ3v) is 4.80. The van der Waals surface area contributed by atoms with Crippen LogP contribution in [0.3, 0.4) is 0 Å². The lowest BCUT2D eigenvalue weighted by Gasteiger charge is -2.13. The number of amides is 1. The highest BCUT2D eigenvalue weighted by molar-refractivity contribution is 5.99. The number of primary amides is 1. The van der Waals surface area contributed by atoms with Gasteiger partial charge in [0, 0.05) is 30.7 Å². The van der Waals surface area contributed by atoms with Crippen LogP contribution in [0.4, 0.5) is 4.39 Å². The molecule has 1 fully saturated rings. The molecule has 2 heterocycles. The second-order valence-corrected chi connectivity index (χ2v) is 6.94. The van der Waals surface area contributed by atoms with Gasteiger partial charge in [-0.2, -0.15) is 5.10 Å². The second kappa shape index (κ2) is 8.68. The van der Waals surface area contributed by atoms with Crippen LogP contribution in [-0.4, -0.2) is 48.2 Å². The molecule has 0 radical (unpaired) electrons. The first-order chi connectivity index (χ1) is 14.5. The maximum atomic E-state index is 14.6. The molecule has 0 bridgehead atoms. The van der Waals surface area contributed by atoms with Gasteiger partial charge in [-0.25, -0.2) is 4.39 Å². The molecule has 3 aromatic rings. The Balaban J connectivity index is 1.46. The van der Waals surface area contributed by atoms with Gasteiger partial charge in [0.2, 0.25) is 5.91 Å². The van der Waals surface area contributed by atoms with Gasteiger partial charge >= 0.3 is 0 Å². The van der Waals surface area contributed by atoms with Gasteiger partial charge in [-0.05, 0) is 30.7 Å². The Hall–Kier alpha value is -3.17. The van der Waals surface area contributed by atoms with E-state index >= 15 is 0 Å². The van der Waals surface area contributed by atoms with Crippen molar-refractivity contribution < 1.29 is 28.1 Å². The van der Waals surface area contributed by atoms with Crippen molar-refractivity contribution in [3.05, 3.63) is 47.9 Å². The largest absolute Gasteiger partial charge is 0.491 e. The van der Waals surface area contributed by atoms with E-state index in [1.54, 1.807) is 30.1 Å². The average Bonchev–Trinajstić information content (AvgIpc) is 3.37. The van der Waals surface area contributed by atoms with Crippen LogP contribution in [0.2, 0.25) is 0 Å². The Morgan fingerprint density at radius 3 is 2.90 bits per heavy atom. The highest BCUT2D eigenvalue weighted by atomic mass is 19.1. The number of ether oxygens (including phenoxy) is 4. The Morgan fingerprint density at radius 2 is 2.17 bits per heavy atom. The fourth-order valence-electron chi connectivity index (χ4n) is 3.29. The third kappa shape index (κ3) is 4.37. The molecule has 9 heteroatoms. The first-order valence-electron chi connectivity index (χ1n) is 9.56. The fourth-order valence-corrected chi connectivity index (χ4v) is 3.29. The summed E-state index contributed by atoms with van der Waals surface area (Å²) in [5.41, 5.74) is 6.26. The topological polar surface area (TPSA) is 97.8 Å². The normalized spacial score (nSPS) is 16.1. The van der Waals surface area contributed by atoms with Gasteiger partial charge < -0.3 is 24.7 Å². The number of hydrogen-bond acceptors (Lipinski definition) is 6. The summed E-state index contributed by atoms with van der Waals surface area (Å²) in [6, 6.07) is 7.40. The van der Waals surface area contributed by atoms with Gasteiger partial charge in [-0.1, -0.05) is 0 Å². The molecule has 1 saturated heterocycles. The molecule has 0 saturated carbocycles. The molecule has 1 aliphatic heterocycles. The number of halogens is 1. The van der Waals surface area contributed by atoms with Crippen molar-refractivity contribution in [2.24, 2.45) is 12.8 Å². The molecule has 1 amide bonds. The van der Waals surface area contributed by atoms with E-state index in [0.717, 1.165) is 6.42 Å². The fraction of sp³-hybridized carbons (Fsp3) is 0.333. The highest BCUT2D eigenvalue weighted by Crippen LogP contribution is 2.33. The highest BCUT2D eigenvalue weighted by Gasteiger charge is 2.17. The number of fused-ring (bicyclic) bond motifs is 1. The van der Waals surface area contributed by atoms with Gasteiger partial charge in [0.15, 0.2) is 17.3 Å². The zero-order valence-electron chi connectivity index (χ0n) is 16.5. The molecule has 8 nitrogen and oxygen atoms in total. The summed E-state index contributed by atoms with van der Waals surface area (Å²) in [6.45, 7) is 2.01. The molecule has 1 aliphatic rings. The molecule has 2 N–H and O–H groups in total. The molecular weight excluding hydrogens is 393 g/mol. The van der Waals surface area contributed by atoms with Crippen molar-refractivity contribution in [2.45, 2.75) is 12.5 Å². The Labute approximate surface area is 172 Å². The molecule has 4 rings (SSSR count). The lowest BCUT2D eigenvalue weighted by Crippen LogP contribution is -2.17. The third-order valence-electron chi connectivity index (χ3n) is 4.80.